The fraction of sp³-hybridized carbons (Fsp3) is 0.667. The molecule has 1 aliphatic carbocycles. The van der Waals surface area contributed by atoms with E-state index in [-0.39, 0.29) is 5.41 Å². The van der Waals surface area contributed by atoms with Crippen LogP contribution in [0.25, 0.3) is 0 Å². The first-order valence-corrected chi connectivity index (χ1v) is 8.34. The molecule has 0 bridgehead atoms. The number of hydrogen-bond donors (Lipinski definition) is 1. The summed E-state index contributed by atoms with van der Waals surface area (Å²) >= 11 is 0. The highest BCUT2D eigenvalue weighted by atomic mass is 15.2. The van der Waals surface area contributed by atoms with Gasteiger partial charge in [0.05, 0.1) is 0 Å². The van der Waals surface area contributed by atoms with E-state index in [1.807, 2.05) is 0 Å². The van der Waals surface area contributed by atoms with Crippen molar-refractivity contribution in [3.05, 3.63) is 35.9 Å². The molecule has 0 radical (unpaired) electrons. The number of rotatable bonds is 3. The van der Waals surface area contributed by atoms with Crippen LogP contribution in [0, 0.1) is 0 Å². The molecule has 2 fully saturated rings. The van der Waals surface area contributed by atoms with Crippen molar-refractivity contribution < 1.29 is 0 Å². The molecule has 3 rings (SSSR count). The summed E-state index contributed by atoms with van der Waals surface area (Å²) in [5, 5.41) is 0. The van der Waals surface area contributed by atoms with Crippen LogP contribution in [0.15, 0.2) is 30.3 Å². The van der Waals surface area contributed by atoms with Crippen molar-refractivity contribution in [2.24, 2.45) is 5.73 Å². The molecule has 2 nitrogen and oxygen atoms in total. The number of likely N-dealkylation sites (tertiary alicyclic amines) is 1. The fourth-order valence-electron chi connectivity index (χ4n) is 4.21. The lowest BCUT2D eigenvalue weighted by molar-refractivity contribution is 0.106. The number of benzene rings is 1. The van der Waals surface area contributed by atoms with Gasteiger partial charge in [0.25, 0.3) is 0 Å². The summed E-state index contributed by atoms with van der Waals surface area (Å²) in [5.74, 6) is 0. The molecule has 110 valence electrons. The van der Waals surface area contributed by atoms with Crippen LogP contribution >= 0.6 is 0 Å². The van der Waals surface area contributed by atoms with E-state index in [4.69, 9.17) is 5.73 Å². The van der Waals surface area contributed by atoms with E-state index in [0.29, 0.717) is 0 Å². The maximum atomic E-state index is 6.18. The van der Waals surface area contributed by atoms with Gasteiger partial charge < -0.3 is 10.6 Å². The molecule has 1 heterocycles. The third-order valence-corrected chi connectivity index (χ3v) is 5.60. The Labute approximate surface area is 123 Å². The van der Waals surface area contributed by atoms with Gasteiger partial charge in [-0.15, -0.1) is 0 Å². The number of piperidine rings is 1. The topological polar surface area (TPSA) is 29.3 Å². The molecule has 2 N–H and O–H groups in total. The van der Waals surface area contributed by atoms with Crippen molar-refractivity contribution in [2.75, 3.05) is 19.6 Å². The van der Waals surface area contributed by atoms with Crippen LogP contribution in [0.2, 0.25) is 0 Å². The zero-order valence-corrected chi connectivity index (χ0v) is 12.6. The first-order chi connectivity index (χ1) is 9.84. The van der Waals surface area contributed by atoms with E-state index in [1.54, 1.807) is 0 Å². The van der Waals surface area contributed by atoms with Crippen LogP contribution in [0.1, 0.15) is 50.5 Å². The van der Waals surface area contributed by atoms with Gasteiger partial charge in [-0.25, -0.2) is 0 Å². The molecule has 1 saturated heterocycles. The lowest BCUT2D eigenvalue weighted by Crippen LogP contribution is -2.46. The summed E-state index contributed by atoms with van der Waals surface area (Å²) in [6.45, 7) is 3.45. The molecule has 0 aromatic heterocycles. The van der Waals surface area contributed by atoms with Crippen LogP contribution < -0.4 is 5.73 Å². The first kappa shape index (κ1) is 14.1. The Morgan fingerprint density at radius 2 is 1.65 bits per heavy atom. The third-order valence-electron chi connectivity index (χ3n) is 5.60. The zero-order valence-electron chi connectivity index (χ0n) is 12.6. The van der Waals surface area contributed by atoms with Crippen LogP contribution in [0.3, 0.4) is 0 Å². The average Bonchev–Trinajstić information content (AvgIpc) is 2.56. The van der Waals surface area contributed by atoms with Gasteiger partial charge in [-0.3, -0.25) is 0 Å². The van der Waals surface area contributed by atoms with Gasteiger partial charge in [-0.05, 0) is 57.2 Å². The van der Waals surface area contributed by atoms with Crippen molar-refractivity contribution in [3.63, 3.8) is 0 Å². The lowest BCUT2D eigenvalue weighted by Gasteiger charge is -2.44. The second kappa shape index (κ2) is 6.28. The third kappa shape index (κ3) is 2.77. The molecule has 20 heavy (non-hydrogen) atoms. The Morgan fingerprint density at radius 1 is 1.00 bits per heavy atom. The molecule has 1 aromatic rings. The molecule has 1 saturated carbocycles. The van der Waals surface area contributed by atoms with Crippen molar-refractivity contribution in [3.8, 4) is 0 Å². The summed E-state index contributed by atoms with van der Waals surface area (Å²) in [4.78, 5) is 2.74. The molecule has 0 atom stereocenters. The second-order valence-electron chi connectivity index (χ2n) is 6.68. The van der Waals surface area contributed by atoms with Crippen LogP contribution in [-0.2, 0) is 5.41 Å². The predicted octanol–water partition coefficient (Wildman–Crippen LogP) is 3.31. The summed E-state index contributed by atoms with van der Waals surface area (Å²) in [7, 11) is 0. The first-order valence-electron chi connectivity index (χ1n) is 8.34. The monoisotopic (exact) mass is 272 g/mol. The maximum Gasteiger partial charge on any atom is 0.00959 e. The highest BCUT2D eigenvalue weighted by Gasteiger charge is 2.37. The maximum absolute atomic E-state index is 6.18. The smallest absolute Gasteiger partial charge is 0.00959 e. The summed E-state index contributed by atoms with van der Waals surface area (Å²) in [5.41, 5.74) is 7.88. The van der Waals surface area contributed by atoms with Crippen LogP contribution in [-0.4, -0.2) is 30.6 Å². The van der Waals surface area contributed by atoms with Gasteiger partial charge in [0, 0.05) is 18.0 Å². The second-order valence-corrected chi connectivity index (χ2v) is 6.68. The Bertz CT molecular complexity index is 401. The van der Waals surface area contributed by atoms with Gasteiger partial charge >= 0.3 is 0 Å². The molecular weight excluding hydrogens is 244 g/mol. The van der Waals surface area contributed by atoms with Crippen molar-refractivity contribution in [1.29, 1.82) is 0 Å². The lowest BCUT2D eigenvalue weighted by atomic mass is 9.68. The van der Waals surface area contributed by atoms with Gasteiger partial charge in [-0.1, -0.05) is 36.8 Å². The molecule has 1 aliphatic heterocycles. The van der Waals surface area contributed by atoms with Crippen LogP contribution in [0.4, 0.5) is 0 Å². The van der Waals surface area contributed by atoms with E-state index in [9.17, 15) is 0 Å². The minimum Gasteiger partial charge on any atom is -0.330 e. The van der Waals surface area contributed by atoms with Crippen LogP contribution in [0.5, 0.6) is 0 Å². The van der Waals surface area contributed by atoms with Gasteiger partial charge in [-0.2, -0.15) is 0 Å². The molecule has 2 aliphatic rings. The standard InChI is InChI=1S/C18H28N2/c19-15-18(16-7-3-1-4-8-16)11-9-17(10-12-18)20-13-5-2-6-14-20/h1,3-4,7-8,17H,2,5-6,9-15,19H2. The number of hydrogen-bond acceptors (Lipinski definition) is 2. The number of nitrogens with zero attached hydrogens (tertiary/aromatic N) is 1. The Balaban J connectivity index is 1.66. The minimum absolute atomic E-state index is 0.244. The fourth-order valence-corrected chi connectivity index (χ4v) is 4.21. The molecule has 2 heteroatoms. The molecule has 0 amide bonds. The molecule has 0 unspecified atom stereocenters. The van der Waals surface area contributed by atoms with Crippen molar-refractivity contribution in [1.82, 2.24) is 4.90 Å². The van der Waals surface area contributed by atoms with Crippen molar-refractivity contribution in [2.45, 2.75) is 56.4 Å². The van der Waals surface area contributed by atoms with E-state index in [2.05, 4.69) is 35.2 Å². The molecule has 1 aromatic carbocycles. The molecular formula is C18H28N2. The summed E-state index contributed by atoms with van der Waals surface area (Å²) in [6.07, 6.45) is 9.40. The Hall–Kier alpha value is -0.860. The van der Waals surface area contributed by atoms with E-state index < -0.39 is 0 Å². The average molecular weight is 272 g/mol. The van der Waals surface area contributed by atoms with E-state index in [0.717, 1.165) is 12.6 Å². The highest BCUT2D eigenvalue weighted by Crippen LogP contribution is 2.40. The van der Waals surface area contributed by atoms with Gasteiger partial charge in [0.1, 0.15) is 0 Å². The SMILES string of the molecule is NCC1(c2ccccc2)CCC(N2CCCCC2)CC1. The summed E-state index contributed by atoms with van der Waals surface area (Å²) in [6, 6.07) is 11.8. The largest absolute Gasteiger partial charge is 0.330 e. The quantitative estimate of drug-likeness (QED) is 0.914. The predicted molar refractivity (Wildman–Crippen MR) is 84.9 cm³/mol. The number of nitrogens with two attached hydrogens (primary N) is 1. The Kier molecular flexibility index (Phi) is 4.42. The molecule has 0 spiro atoms. The van der Waals surface area contributed by atoms with Crippen molar-refractivity contribution >= 4 is 0 Å². The van der Waals surface area contributed by atoms with Gasteiger partial charge in [0.2, 0.25) is 0 Å². The Morgan fingerprint density at radius 3 is 2.25 bits per heavy atom. The zero-order chi connectivity index (χ0) is 13.8. The van der Waals surface area contributed by atoms with E-state index in [1.165, 1.54) is 63.6 Å². The normalized spacial score (nSPS) is 32.1. The minimum atomic E-state index is 0.244. The van der Waals surface area contributed by atoms with E-state index >= 15 is 0 Å². The summed E-state index contributed by atoms with van der Waals surface area (Å²) < 4.78 is 0. The van der Waals surface area contributed by atoms with Gasteiger partial charge in [0.15, 0.2) is 0 Å². The highest BCUT2D eigenvalue weighted by molar-refractivity contribution is 5.26.